The van der Waals surface area contributed by atoms with Crippen LogP contribution in [0, 0.1) is 0 Å². The van der Waals surface area contributed by atoms with Crippen molar-refractivity contribution in [3.8, 4) is 5.75 Å². The summed E-state index contributed by atoms with van der Waals surface area (Å²) >= 11 is 12.7. The van der Waals surface area contributed by atoms with E-state index in [1.807, 2.05) is 65.3 Å². The van der Waals surface area contributed by atoms with Crippen LogP contribution in [0.15, 0.2) is 71.7 Å². The average molecular weight is 648 g/mol. The van der Waals surface area contributed by atoms with E-state index in [9.17, 15) is 4.79 Å². The lowest BCUT2D eigenvalue weighted by atomic mass is 9.86. The average Bonchev–Trinajstić information content (AvgIpc) is 3.71. The molecule has 3 heterocycles. The van der Waals surface area contributed by atoms with E-state index in [-0.39, 0.29) is 23.5 Å². The Hall–Kier alpha value is -3.06. The molecule has 0 aromatic heterocycles. The molecule has 0 bridgehead atoms. The molecule has 6 nitrogen and oxygen atoms in total. The van der Waals surface area contributed by atoms with E-state index < -0.39 is 0 Å². The summed E-state index contributed by atoms with van der Waals surface area (Å²) in [6.45, 7) is 12.9. The van der Waals surface area contributed by atoms with Crippen molar-refractivity contribution in [3.63, 3.8) is 0 Å². The number of amides is 2. The van der Waals surface area contributed by atoms with Gasteiger partial charge in [0.25, 0.3) is 0 Å². The summed E-state index contributed by atoms with van der Waals surface area (Å²) in [6, 6.07) is 21.7. The van der Waals surface area contributed by atoms with Crippen molar-refractivity contribution in [3.05, 3.63) is 99.0 Å². The Morgan fingerprint density at radius 3 is 2.04 bits per heavy atom. The molecule has 0 unspecified atom stereocenters. The van der Waals surface area contributed by atoms with Crippen molar-refractivity contribution >= 4 is 35.1 Å². The smallest absolute Gasteiger partial charge is 0.326 e. The molecule has 45 heavy (non-hydrogen) atoms. The van der Waals surface area contributed by atoms with Gasteiger partial charge in [-0.1, -0.05) is 74.3 Å². The molecule has 3 aromatic rings. The van der Waals surface area contributed by atoms with Gasteiger partial charge in [0.1, 0.15) is 17.6 Å². The normalized spacial score (nSPS) is 21.3. The minimum absolute atomic E-state index is 0.0209. The van der Waals surface area contributed by atoms with Gasteiger partial charge in [-0.25, -0.2) is 4.79 Å². The first-order chi connectivity index (χ1) is 21.6. The molecule has 0 saturated carbocycles. The molecule has 0 radical (unpaired) electrons. The minimum Gasteiger partial charge on any atom is -0.493 e. The van der Waals surface area contributed by atoms with Crippen molar-refractivity contribution in [1.29, 1.82) is 0 Å². The van der Waals surface area contributed by atoms with Gasteiger partial charge in [-0.05, 0) is 104 Å². The number of ether oxygens (including phenoxy) is 1. The number of hydrogen-bond donors (Lipinski definition) is 0. The molecule has 0 N–H and O–H groups in total. The highest BCUT2D eigenvalue weighted by atomic mass is 35.5. The van der Waals surface area contributed by atoms with Crippen LogP contribution in [-0.2, 0) is 5.41 Å². The van der Waals surface area contributed by atoms with E-state index >= 15 is 0 Å². The molecular weight excluding hydrogens is 603 g/mol. The van der Waals surface area contributed by atoms with Crippen LogP contribution < -0.4 is 4.74 Å². The highest BCUT2D eigenvalue weighted by Gasteiger charge is 2.45. The summed E-state index contributed by atoms with van der Waals surface area (Å²) in [5.74, 6) is 1.37. The number of carbonyl (C=O) groups excluding carboxylic acids is 1. The molecule has 8 heteroatoms. The number of nitrogens with zero attached hydrogens (tertiary/aromatic N) is 4. The zero-order valence-corrected chi connectivity index (χ0v) is 28.3. The van der Waals surface area contributed by atoms with Crippen LogP contribution in [-0.4, -0.2) is 65.4 Å². The Labute approximate surface area is 278 Å². The maximum atomic E-state index is 14.9. The first-order valence-electron chi connectivity index (χ1n) is 16.3. The van der Waals surface area contributed by atoms with Crippen LogP contribution in [0.5, 0.6) is 5.75 Å². The topological polar surface area (TPSA) is 48.4 Å². The molecule has 3 aromatic carbocycles. The number of amidine groups is 1. The summed E-state index contributed by atoms with van der Waals surface area (Å²) in [5, 5.41) is 1.31. The Bertz CT molecular complexity index is 1520. The number of benzene rings is 3. The maximum absolute atomic E-state index is 14.9. The predicted octanol–water partition coefficient (Wildman–Crippen LogP) is 8.91. The van der Waals surface area contributed by atoms with Crippen molar-refractivity contribution in [1.82, 2.24) is 14.7 Å². The number of urea groups is 1. The number of rotatable bonds is 6. The first-order valence-corrected chi connectivity index (χ1v) is 17.1. The molecule has 2 fully saturated rings. The number of hydrogen-bond acceptors (Lipinski definition) is 4. The van der Waals surface area contributed by atoms with E-state index in [4.69, 9.17) is 32.9 Å². The van der Waals surface area contributed by atoms with Gasteiger partial charge in [0.2, 0.25) is 0 Å². The van der Waals surface area contributed by atoms with E-state index in [2.05, 4.69) is 43.9 Å². The molecule has 238 valence electrons. The zero-order valence-electron chi connectivity index (χ0n) is 26.8. The van der Waals surface area contributed by atoms with Crippen LogP contribution in [0.3, 0.4) is 0 Å². The van der Waals surface area contributed by atoms with Crippen LogP contribution in [0.25, 0.3) is 0 Å². The third-order valence-electron chi connectivity index (χ3n) is 9.48. The van der Waals surface area contributed by atoms with Gasteiger partial charge in [-0.3, -0.25) is 9.89 Å². The number of piperidine rings is 1. The molecule has 0 spiro atoms. The SMILES string of the molecule is CCOc1cc(C(C)(C)C)ccc1C1=N[C@@H](c2ccc(Cl)cc2)[C@@H](c2ccc(Cl)cc2)N1C(=O)N1CCC(N2CCCC2)CC1. The van der Waals surface area contributed by atoms with E-state index in [1.165, 1.54) is 31.5 Å². The summed E-state index contributed by atoms with van der Waals surface area (Å²) in [4.78, 5) is 26.8. The largest absolute Gasteiger partial charge is 0.493 e. The van der Waals surface area contributed by atoms with Crippen LogP contribution >= 0.6 is 23.2 Å². The standard InChI is InChI=1S/C37H44Cl2N4O2/c1-5-45-32-24-27(37(2,3)4)12-17-31(32)35-40-33(25-8-13-28(38)14-9-25)34(26-10-15-29(39)16-11-26)43(35)36(44)42-22-18-30(19-23-42)41-20-6-7-21-41/h8-17,24,30,33-34H,5-7,18-23H2,1-4H3/t33-,34+/m0/s1. The second kappa shape index (κ2) is 13.4. The van der Waals surface area contributed by atoms with Gasteiger partial charge in [-0.15, -0.1) is 0 Å². The van der Waals surface area contributed by atoms with Gasteiger partial charge < -0.3 is 14.5 Å². The first kappa shape index (κ1) is 31.9. The highest BCUT2D eigenvalue weighted by Crippen LogP contribution is 2.46. The second-order valence-electron chi connectivity index (χ2n) is 13.5. The van der Waals surface area contributed by atoms with Gasteiger partial charge >= 0.3 is 6.03 Å². The van der Waals surface area contributed by atoms with E-state index in [0.717, 1.165) is 48.4 Å². The number of carbonyl (C=O) groups is 1. The fraction of sp³-hybridized carbons (Fsp3) is 0.459. The molecule has 2 saturated heterocycles. The van der Waals surface area contributed by atoms with Crippen molar-refractivity contribution in [2.24, 2.45) is 4.99 Å². The summed E-state index contributed by atoms with van der Waals surface area (Å²) in [7, 11) is 0. The Kier molecular flexibility index (Phi) is 9.47. The lowest BCUT2D eigenvalue weighted by molar-refractivity contribution is 0.117. The maximum Gasteiger partial charge on any atom is 0.326 e. The number of aliphatic imine (C=N–C) groups is 1. The molecule has 0 aliphatic carbocycles. The van der Waals surface area contributed by atoms with Gasteiger partial charge in [0, 0.05) is 29.2 Å². The van der Waals surface area contributed by atoms with Gasteiger partial charge in [0.15, 0.2) is 0 Å². The van der Waals surface area contributed by atoms with Crippen LogP contribution in [0.4, 0.5) is 4.79 Å². The summed E-state index contributed by atoms with van der Waals surface area (Å²) in [6.07, 6.45) is 4.53. The van der Waals surface area contributed by atoms with Gasteiger partial charge in [0.05, 0.1) is 18.2 Å². The minimum atomic E-state index is -0.376. The van der Waals surface area contributed by atoms with Crippen LogP contribution in [0.2, 0.25) is 10.0 Å². The summed E-state index contributed by atoms with van der Waals surface area (Å²) in [5.41, 5.74) is 3.89. The monoisotopic (exact) mass is 646 g/mol. The second-order valence-corrected chi connectivity index (χ2v) is 14.3. The molecule has 2 atom stereocenters. The number of halogens is 2. The van der Waals surface area contributed by atoms with Crippen molar-refractivity contribution in [2.45, 2.75) is 76.9 Å². The van der Waals surface area contributed by atoms with E-state index in [0.29, 0.717) is 28.5 Å². The molecule has 6 rings (SSSR count). The van der Waals surface area contributed by atoms with Crippen molar-refractivity contribution < 1.29 is 9.53 Å². The lowest BCUT2D eigenvalue weighted by Gasteiger charge is -2.40. The van der Waals surface area contributed by atoms with Crippen LogP contribution in [0.1, 0.15) is 87.7 Å². The Morgan fingerprint density at radius 1 is 0.867 bits per heavy atom. The quantitative estimate of drug-likeness (QED) is 0.269. The fourth-order valence-electron chi connectivity index (χ4n) is 6.98. The van der Waals surface area contributed by atoms with Crippen molar-refractivity contribution in [2.75, 3.05) is 32.8 Å². The molecule has 3 aliphatic rings. The number of likely N-dealkylation sites (tertiary alicyclic amines) is 2. The van der Waals surface area contributed by atoms with E-state index in [1.54, 1.807) is 0 Å². The molecular formula is C37H44Cl2N4O2. The fourth-order valence-corrected chi connectivity index (χ4v) is 7.24. The Morgan fingerprint density at radius 2 is 1.47 bits per heavy atom. The molecule has 3 aliphatic heterocycles. The summed E-state index contributed by atoms with van der Waals surface area (Å²) < 4.78 is 6.27. The highest BCUT2D eigenvalue weighted by molar-refractivity contribution is 6.30. The lowest BCUT2D eigenvalue weighted by Crippen LogP contribution is -2.52. The Balaban J connectivity index is 1.45. The third-order valence-corrected chi connectivity index (χ3v) is 9.98. The molecule has 2 amide bonds. The third kappa shape index (κ3) is 6.74. The zero-order chi connectivity index (χ0) is 31.7. The van der Waals surface area contributed by atoms with Gasteiger partial charge in [-0.2, -0.15) is 0 Å². The predicted molar refractivity (Wildman–Crippen MR) is 184 cm³/mol.